The first-order valence-corrected chi connectivity index (χ1v) is 12.8. The van der Waals surface area contributed by atoms with Gasteiger partial charge in [0.1, 0.15) is 18.0 Å². The molecule has 0 radical (unpaired) electrons. The molecule has 7 heteroatoms. The number of ether oxygens (including phenoxy) is 3. The van der Waals surface area contributed by atoms with E-state index in [2.05, 4.69) is 20.8 Å². The number of cyclic esters (lactones) is 1. The van der Waals surface area contributed by atoms with E-state index in [1.807, 2.05) is 20.8 Å². The molecule has 10 atom stereocenters. The molecule has 2 N–H and O–H groups in total. The summed E-state index contributed by atoms with van der Waals surface area (Å²) in [6.45, 7) is 15.6. The van der Waals surface area contributed by atoms with E-state index in [0.29, 0.717) is 19.3 Å². The quantitative estimate of drug-likeness (QED) is 0.421. The van der Waals surface area contributed by atoms with Crippen molar-refractivity contribution in [3.63, 3.8) is 0 Å². The lowest BCUT2D eigenvalue weighted by Crippen LogP contribution is -2.45. The van der Waals surface area contributed by atoms with E-state index in [1.54, 1.807) is 13.8 Å². The standard InChI is InChI=1S/C26H48O7/c1-9-18(7)31-23(11-3)33-25-17(6)13-15(4)12-16(5)20(27)14-21(28)24(29)22(10-2)32-26(30)19(25)8/h15-19,21-25,28-29H,9-14H2,1-8H3/t15?,16?,17?,18?,19?,21-,22?,23+,24?,25?/m1/s1. The third-order valence-electron chi connectivity index (χ3n) is 6.96. The summed E-state index contributed by atoms with van der Waals surface area (Å²) in [4.78, 5) is 25.7. The van der Waals surface area contributed by atoms with Crippen molar-refractivity contribution in [3.05, 3.63) is 0 Å². The Kier molecular flexibility index (Phi) is 13.1. The minimum absolute atomic E-state index is 0.0259. The number of esters is 1. The molecule has 1 aliphatic heterocycles. The Labute approximate surface area is 200 Å². The third kappa shape index (κ3) is 9.27. The van der Waals surface area contributed by atoms with Gasteiger partial charge in [0.25, 0.3) is 0 Å². The molecule has 0 amide bonds. The van der Waals surface area contributed by atoms with Gasteiger partial charge < -0.3 is 24.4 Å². The van der Waals surface area contributed by atoms with Gasteiger partial charge in [-0.1, -0.05) is 41.5 Å². The second-order valence-corrected chi connectivity index (χ2v) is 10.1. The second kappa shape index (κ2) is 14.4. The van der Waals surface area contributed by atoms with Crippen LogP contribution in [-0.2, 0) is 23.8 Å². The Morgan fingerprint density at radius 3 is 2.21 bits per heavy atom. The summed E-state index contributed by atoms with van der Waals surface area (Å²) in [5, 5.41) is 21.0. The number of Topliss-reactive ketones (excluding diaryl/α,β-unsaturated/α-hetero) is 1. The topological polar surface area (TPSA) is 102 Å². The molecule has 1 fully saturated rings. The summed E-state index contributed by atoms with van der Waals surface area (Å²) in [6, 6.07) is 0. The molecule has 0 saturated carbocycles. The predicted molar refractivity (Wildman–Crippen MR) is 127 cm³/mol. The first-order valence-electron chi connectivity index (χ1n) is 12.8. The maximum absolute atomic E-state index is 13.1. The van der Waals surface area contributed by atoms with Crippen molar-refractivity contribution in [3.8, 4) is 0 Å². The molecule has 194 valence electrons. The number of carbonyl (C=O) groups excluding carboxylic acids is 2. The van der Waals surface area contributed by atoms with Crippen molar-refractivity contribution in [1.82, 2.24) is 0 Å². The molecule has 0 aromatic carbocycles. The molecule has 33 heavy (non-hydrogen) atoms. The molecule has 0 aliphatic carbocycles. The van der Waals surface area contributed by atoms with Crippen molar-refractivity contribution in [2.75, 3.05) is 0 Å². The van der Waals surface area contributed by atoms with Crippen LogP contribution in [0, 0.1) is 23.7 Å². The summed E-state index contributed by atoms with van der Waals surface area (Å²) in [6.07, 6.45) is -1.18. The van der Waals surface area contributed by atoms with Crippen molar-refractivity contribution in [2.45, 2.75) is 131 Å². The number of hydrogen-bond acceptors (Lipinski definition) is 7. The highest BCUT2D eigenvalue weighted by Crippen LogP contribution is 2.31. The number of hydrogen-bond donors (Lipinski definition) is 2. The zero-order valence-electron chi connectivity index (χ0n) is 22.0. The van der Waals surface area contributed by atoms with Crippen LogP contribution in [0.25, 0.3) is 0 Å². The molecule has 8 unspecified atom stereocenters. The highest BCUT2D eigenvalue weighted by molar-refractivity contribution is 5.81. The highest BCUT2D eigenvalue weighted by Gasteiger charge is 2.38. The van der Waals surface area contributed by atoms with Gasteiger partial charge in [-0.05, 0) is 57.8 Å². The molecule has 1 heterocycles. The maximum atomic E-state index is 13.1. The molecule has 0 spiro atoms. The molecule has 1 aliphatic rings. The van der Waals surface area contributed by atoms with Crippen LogP contribution in [0.1, 0.15) is 93.9 Å². The molecule has 0 aromatic rings. The molecule has 7 nitrogen and oxygen atoms in total. The SMILES string of the molecule is CCC(C)O[C@H](CC)OC1C(C)CC(C)CC(C)C(=O)C[C@@H](O)C(O)C(CC)OC(=O)C1C. The van der Waals surface area contributed by atoms with Crippen LogP contribution in [0.5, 0.6) is 0 Å². The van der Waals surface area contributed by atoms with E-state index in [0.717, 1.165) is 12.8 Å². The van der Waals surface area contributed by atoms with Crippen molar-refractivity contribution >= 4 is 11.8 Å². The van der Waals surface area contributed by atoms with Crippen molar-refractivity contribution in [1.29, 1.82) is 0 Å². The largest absolute Gasteiger partial charge is 0.459 e. The molecule has 0 aromatic heterocycles. The van der Waals surface area contributed by atoms with Crippen molar-refractivity contribution in [2.24, 2.45) is 23.7 Å². The zero-order chi connectivity index (χ0) is 25.3. The van der Waals surface area contributed by atoms with Gasteiger partial charge in [0.15, 0.2) is 6.29 Å². The number of aliphatic hydroxyl groups is 2. The van der Waals surface area contributed by atoms with Gasteiger partial charge in [-0.3, -0.25) is 9.59 Å². The first-order chi connectivity index (χ1) is 15.4. The molecular weight excluding hydrogens is 424 g/mol. The fraction of sp³-hybridized carbons (Fsp3) is 0.923. The summed E-state index contributed by atoms with van der Waals surface area (Å²) in [5.41, 5.74) is 0. The highest BCUT2D eigenvalue weighted by atomic mass is 16.7. The Balaban J connectivity index is 3.22. The number of aliphatic hydroxyl groups excluding tert-OH is 2. The minimum Gasteiger partial charge on any atom is -0.459 e. The number of carbonyl (C=O) groups is 2. The van der Waals surface area contributed by atoms with Crippen LogP contribution in [0.15, 0.2) is 0 Å². The minimum atomic E-state index is -1.32. The molecule has 1 saturated heterocycles. The van der Waals surface area contributed by atoms with Crippen LogP contribution < -0.4 is 0 Å². The summed E-state index contributed by atoms with van der Waals surface area (Å²) in [5.74, 6) is -1.13. The monoisotopic (exact) mass is 472 g/mol. The van der Waals surface area contributed by atoms with Gasteiger partial charge in [0.05, 0.1) is 24.2 Å². The number of ketones is 1. The normalized spacial score (nSPS) is 37.2. The Morgan fingerprint density at radius 1 is 1.03 bits per heavy atom. The smallest absolute Gasteiger partial charge is 0.311 e. The van der Waals surface area contributed by atoms with E-state index < -0.39 is 42.6 Å². The van der Waals surface area contributed by atoms with Gasteiger partial charge in [-0.2, -0.15) is 0 Å². The predicted octanol–water partition coefficient (Wildman–Crippen LogP) is 4.26. The van der Waals surface area contributed by atoms with Crippen LogP contribution >= 0.6 is 0 Å². The fourth-order valence-electron chi connectivity index (χ4n) is 4.66. The Hall–Kier alpha value is -1.02. The van der Waals surface area contributed by atoms with E-state index in [4.69, 9.17) is 14.2 Å². The van der Waals surface area contributed by atoms with E-state index in [9.17, 15) is 19.8 Å². The van der Waals surface area contributed by atoms with E-state index >= 15 is 0 Å². The summed E-state index contributed by atoms with van der Waals surface area (Å²) >= 11 is 0. The van der Waals surface area contributed by atoms with Gasteiger partial charge >= 0.3 is 5.97 Å². The van der Waals surface area contributed by atoms with Crippen LogP contribution in [0.2, 0.25) is 0 Å². The Morgan fingerprint density at radius 2 is 1.67 bits per heavy atom. The average Bonchev–Trinajstić information content (AvgIpc) is 2.77. The second-order valence-electron chi connectivity index (χ2n) is 10.1. The first kappa shape index (κ1) is 30.0. The maximum Gasteiger partial charge on any atom is 0.311 e. The lowest BCUT2D eigenvalue weighted by Gasteiger charge is -2.35. The average molecular weight is 473 g/mol. The van der Waals surface area contributed by atoms with E-state index in [1.165, 1.54) is 0 Å². The van der Waals surface area contributed by atoms with Gasteiger partial charge in [0.2, 0.25) is 0 Å². The Bertz CT molecular complexity index is 595. The molecule has 1 rings (SSSR count). The van der Waals surface area contributed by atoms with Crippen molar-refractivity contribution < 1.29 is 34.0 Å². The zero-order valence-corrected chi connectivity index (χ0v) is 22.0. The number of rotatable bonds is 7. The third-order valence-corrected chi connectivity index (χ3v) is 6.96. The van der Waals surface area contributed by atoms with Crippen LogP contribution in [-0.4, -0.2) is 58.8 Å². The summed E-state index contributed by atoms with van der Waals surface area (Å²) in [7, 11) is 0. The fourth-order valence-corrected chi connectivity index (χ4v) is 4.66. The van der Waals surface area contributed by atoms with Gasteiger partial charge in [-0.25, -0.2) is 0 Å². The van der Waals surface area contributed by atoms with Crippen LogP contribution in [0.4, 0.5) is 0 Å². The molecular formula is C26H48O7. The lowest BCUT2D eigenvalue weighted by atomic mass is 9.81. The van der Waals surface area contributed by atoms with E-state index in [-0.39, 0.29) is 36.1 Å². The van der Waals surface area contributed by atoms with Gasteiger partial charge in [0, 0.05) is 12.3 Å². The summed E-state index contributed by atoms with van der Waals surface area (Å²) < 4.78 is 18.1. The molecule has 0 bridgehead atoms. The lowest BCUT2D eigenvalue weighted by molar-refractivity contribution is -0.218. The van der Waals surface area contributed by atoms with Gasteiger partial charge in [-0.15, -0.1) is 0 Å². The van der Waals surface area contributed by atoms with Crippen LogP contribution in [0.3, 0.4) is 0 Å².